The van der Waals surface area contributed by atoms with Gasteiger partial charge in [0.1, 0.15) is 17.5 Å². The van der Waals surface area contributed by atoms with E-state index in [9.17, 15) is 31.1 Å². The summed E-state index contributed by atoms with van der Waals surface area (Å²) in [6.45, 7) is 3.25. The van der Waals surface area contributed by atoms with E-state index in [4.69, 9.17) is 5.73 Å². The number of nitrogens with two attached hydrogens (primary N) is 1. The largest absolute Gasteiger partial charge is 0.408 e. The summed E-state index contributed by atoms with van der Waals surface area (Å²) >= 11 is 0. The van der Waals surface area contributed by atoms with Crippen molar-refractivity contribution in [3.05, 3.63) is 54.4 Å². The molecule has 0 saturated carbocycles. The molecule has 0 fully saturated rings. The van der Waals surface area contributed by atoms with Crippen LogP contribution >= 0.6 is 0 Å². The van der Waals surface area contributed by atoms with Crippen molar-refractivity contribution in [3.63, 3.8) is 0 Å². The maximum Gasteiger partial charge on any atom is 0.408 e. The highest BCUT2D eigenvalue weighted by atomic mass is 19.4. The zero-order chi connectivity index (χ0) is 26.0. The van der Waals surface area contributed by atoms with Crippen molar-refractivity contribution in [2.24, 2.45) is 0 Å². The predicted molar refractivity (Wildman–Crippen MR) is 119 cm³/mol. The highest BCUT2D eigenvalue weighted by Crippen LogP contribution is 2.31. The summed E-state index contributed by atoms with van der Waals surface area (Å²) < 4.78 is 79.0. The number of hydrogen-bond donors (Lipinski definition) is 2. The van der Waals surface area contributed by atoms with Crippen LogP contribution in [-0.4, -0.2) is 45.3 Å². The molecule has 0 aliphatic heterocycles. The number of rotatable bonds is 7. The number of pyridine rings is 1. The molecule has 35 heavy (non-hydrogen) atoms. The molecule has 0 spiro atoms. The van der Waals surface area contributed by atoms with Crippen LogP contribution in [0, 0.1) is 0 Å². The molecule has 0 aliphatic carbocycles. The van der Waals surface area contributed by atoms with Gasteiger partial charge in [-0.05, 0) is 55.2 Å². The number of benzene rings is 1. The van der Waals surface area contributed by atoms with E-state index in [0.717, 1.165) is 16.0 Å². The van der Waals surface area contributed by atoms with Gasteiger partial charge in [-0.15, -0.1) is 0 Å². The number of halogens is 6. The number of urea groups is 1. The quantitative estimate of drug-likeness (QED) is 0.393. The zero-order valence-corrected chi connectivity index (χ0v) is 19.0. The van der Waals surface area contributed by atoms with Crippen LogP contribution in [0.1, 0.15) is 38.3 Å². The molecule has 2 amide bonds. The third-order valence-corrected chi connectivity index (χ3v) is 5.71. The first-order chi connectivity index (χ1) is 16.3. The van der Waals surface area contributed by atoms with E-state index in [-0.39, 0.29) is 6.54 Å². The lowest BCUT2D eigenvalue weighted by atomic mass is 10.0. The Morgan fingerprint density at radius 2 is 1.86 bits per heavy atom. The lowest BCUT2D eigenvalue weighted by Gasteiger charge is -2.31. The average Bonchev–Trinajstić information content (AvgIpc) is 3.15. The van der Waals surface area contributed by atoms with Crippen LogP contribution in [0.15, 0.2) is 48.8 Å². The molecule has 3 N–H and O–H groups in total. The molecular weight excluding hydrogens is 476 g/mol. The minimum atomic E-state index is -5.02. The van der Waals surface area contributed by atoms with Crippen LogP contribution in [0.3, 0.4) is 0 Å². The fourth-order valence-corrected chi connectivity index (χ4v) is 3.78. The molecule has 2 heterocycles. The first-order valence-electron chi connectivity index (χ1n) is 10.8. The molecule has 3 rings (SSSR count). The van der Waals surface area contributed by atoms with E-state index < -0.39 is 43.3 Å². The Morgan fingerprint density at radius 1 is 1.14 bits per heavy atom. The van der Waals surface area contributed by atoms with Crippen LogP contribution in [0.4, 0.5) is 37.0 Å². The summed E-state index contributed by atoms with van der Waals surface area (Å²) in [6, 6.07) is 6.35. The molecule has 12 heteroatoms. The molecule has 2 atom stereocenters. The number of anilines is 1. The van der Waals surface area contributed by atoms with E-state index in [2.05, 4.69) is 4.98 Å². The molecule has 2 unspecified atom stereocenters. The summed E-state index contributed by atoms with van der Waals surface area (Å²) in [5.41, 5.74) is 8.79. The number of nitrogens with one attached hydrogen (secondary N) is 1. The second-order valence-corrected chi connectivity index (χ2v) is 8.11. The molecule has 3 aromatic rings. The van der Waals surface area contributed by atoms with Gasteiger partial charge in [-0.2, -0.15) is 26.3 Å². The second-order valence-electron chi connectivity index (χ2n) is 8.11. The van der Waals surface area contributed by atoms with Gasteiger partial charge in [-0.1, -0.05) is 18.2 Å². The first-order valence-corrected chi connectivity index (χ1v) is 10.8. The van der Waals surface area contributed by atoms with Crippen LogP contribution in [0.2, 0.25) is 0 Å². The van der Waals surface area contributed by atoms with Gasteiger partial charge < -0.3 is 16.0 Å². The average molecular weight is 501 g/mol. The molecule has 2 aromatic heterocycles. The third-order valence-electron chi connectivity index (χ3n) is 5.71. The molecular formula is C23H25F6N5O. The Bertz CT molecular complexity index is 1170. The zero-order valence-electron chi connectivity index (χ0n) is 19.0. The standard InChI is InChI=1S/C23H25F6N5O/c1-3-33(21(35)32-18(23(27,28)29)9-10-22(24,25)26)14(2)15-5-4-6-16(11-15)17-7-8-20-31-12-19(30)34(20)13-17/h4-8,11-14,18H,3,9-10,30H2,1-2H3,(H,32,35). The van der Waals surface area contributed by atoms with E-state index in [1.165, 1.54) is 6.20 Å². The van der Waals surface area contributed by atoms with Gasteiger partial charge in [0, 0.05) is 19.2 Å². The first kappa shape index (κ1) is 26.2. The summed E-state index contributed by atoms with van der Waals surface area (Å²) in [7, 11) is 0. The summed E-state index contributed by atoms with van der Waals surface area (Å²) in [5.74, 6) is 0.449. The summed E-state index contributed by atoms with van der Waals surface area (Å²) in [4.78, 5) is 18.0. The van der Waals surface area contributed by atoms with Crippen molar-refractivity contribution in [3.8, 4) is 11.1 Å². The number of alkyl halides is 6. The van der Waals surface area contributed by atoms with Crippen LogP contribution < -0.4 is 11.1 Å². The lowest BCUT2D eigenvalue weighted by Crippen LogP contribution is -2.51. The number of aromatic nitrogens is 2. The fraction of sp³-hybridized carbons (Fsp3) is 0.391. The molecule has 6 nitrogen and oxygen atoms in total. The molecule has 0 aliphatic rings. The van der Waals surface area contributed by atoms with E-state index in [0.29, 0.717) is 17.0 Å². The van der Waals surface area contributed by atoms with Crippen LogP contribution in [0.25, 0.3) is 16.8 Å². The second kappa shape index (κ2) is 10.0. The van der Waals surface area contributed by atoms with E-state index in [1.807, 2.05) is 12.1 Å². The minimum Gasteiger partial charge on any atom is -0.383 e. The Hall–Kier alpha value is -3.44. The van der Waals surface area contributed by atoms with Crippen molar-refractivity contribution in [1.82, 2.24) is 19.6 Å². The van der Waals surface area contributed by atoms with Crippen molar-refractivity contribution >= 4 is 17.5 Å². The van der Waals surface area contributed by atoms with E-state index >= 15 is 0 Å². The molecule has 190 valence electrons. The van der Waals surface area contributed by atoms with Crippen molar-refractivity contribution < 1.29 is 31.1 Å². The number of amides is 2. The topological polar surface area (TPSA) is 75.7 Å². The monoisotopic (exact) mass is 501 g/mol. The van der Waals surface area contributed by atoms with Gasteiger partial charge in [0.05, 0.1) is 12.2 Å². The van der Waals surface area contributed by atoms with Crippen LogP contribution in [0.5, 0.6) is 0 Å². The van der Waals surface area contributed by atoms with Gasteiger partial charge in [-0.3, -0.25) is 4.40 Å². The van der Waals surface area contributed by atoms with Crippen molar-refractivity contribution in [1.29, 1.82) is 0 Å². The number of imidazole rings is 1. The van der Waals surface area contributed by atoms with Gasteiger partial charge in [-0.25, -0.2) is 9.78 Å². The van der Waals surface area contributed by atoms with Gasteiger partial charge in [0.15, 0.2) is 0 Å². The SMILES string of the molecule is CCN(C(=O)NC(CCC(F)(F)F)C(F)(F)F)C(C)c1cccc(-c2ccc3ncc(N)n3c2)c1. The maximum atomic E-state index is 13.3. The number of carbonyl (C=O) groups is 1. The molecule has 0 bridgehead atoms. The predicted octanol–water partition coefficient (Wildman–Crippen LogP) is 5.95. The number of hydrogen-bond acceptors (Lipinski definition) is 3. The highest BCUT2D eigenvalue weighted by Gasteiger charge is 2.43. The van der Waals surface area contributed by atoms with Gasteiger partial charge in [0.25, 0.3) is 0 Å². The number of nitrogen functional groups attached to an aromatic ring is 1. The smallest absolute Gasteiger partial charge is 0.383 e. The van der Waals surface area contributed by atoms with Gasteiger partial charge in [0.2, 0.25) is 0 Å². The Morgan fingerprint density at radius 3 is 2.49 bits per heavy atom. The Balaban J connectivity index is 1.81. The third kappa shape index (κ3) is 6.37. The normalized spacial score (nSPS) is 14.1. The number of nitrogens with zero attached hydrogens (tertiary/aromatic N) is 3. The molecule has 0 saturated heterocycles. The maximum absolute atomic E-state index is 13.3. The van der Waals surface area contributed by atoms with Crippen LogP contribution in [-0.2, 0) is 0 Å². The lowest BCUT2D eigenvalue weighted by molar-refractivity contribution is -0.171. The highest BCUT2D eigenvalue weighted by molar-refractivity contribution is 5.75. The summed E-state index contributed by atoms with van der Waals surface area (Å²) in [6.07, 6.45) is -9.42. The number of fused-ring (bicyclic) bond motifs is 1. The molecule has 1 aromatic carbocycles. The van der Waals surface area contributed by atoms with E-state index in [1.54, 1.807) is 54.0 Å². The van der Waals surface area contributed by atoms with Crippen molar-refractivity contribution in [2.45, 2.75) is 51.1 Å². The van der Waals surface area contributed by atoms with Gasteiger partial charge >= 0.3 is 18.4 Å². The molecule has 0 radical (unpaired) electrons. The number of carbonyl (C=O) groups excluding carboxylic acids is 1. The minimum absolute atomic E-state index is 0.0403. The Labute approximate surface area is 197 Å². The Kier molecular flexibility index (Phi) is 7.51. The van der Waals surface area contributed by atoms with Crippen molar-refractivity contribution in [2.75, 3.05) is 12.3 Å². The fourth-order valence-electron chi connectivity index (χ4n) is 3.78. The summed E-state index contributed by atoms with van der Waals surface area (Å²) in [5, 5.41) is 1.74.